The van der Waals surface area contributed by atoms with Gasteiger partial charge in [0.15, 0.2) is 0 Å². The second-order valence-electron chi connectivity index (χ2n) is 8.46. The summed E-state index contributed by atoms with van der Waals surface area (Å²) in [4.78, 5) is 17.0. The standard InChI is InChI=1S/C21H33N3O4S/c1-15-10-16(2)21(17(3)11-15)29(26,27)24-8-6-22(7-9-24)14-20(25)23-12-18(4)28-19(5)13-23/h10-11,18-19H,6-9,12-14H2,1-5H3/t18-,19-/m0/s1. The Bertz CT molecular complexity index is 830. The number of hydrogen-bond acceptors (Lipinski definition) is 5. The van der Waals surface area contributed by atoms with Crippen LogP contribution in [0.25, 0.3) is 0 Å². The number of nitrogens with zero attached hydrogens (tertiary/aromatic N) is 3. The number of sulfonamides is 1. The Balaban J connectivity index is 1.61. The third-order valence-electron chi connectivity index (χ3n) is 5.66. The third kappa shape index (κ3) is 4.99. The molecule has 2 aliphatic rings. The van der Waals surface area contributed by atoms with Gasteiger partial charge in [0.05, 0.1) is 23.6 Å². The molecule has 1 aromatic rings. The highest BCUT2D eigenvalue weighted by Crippen LogP contribution is 2.26. The van der Waals surface area contributed by atoms with Crippen LogP contribution in [0.4, 0.5) is 0 Å². The smallest absolute Gasteiger partial charge is 0.243 e. The molecule has 1 amide bonds. The first-order valence-corrected chi connectivity index (χ1v) is 11.8. The van der Waals surface area contributed by atoms with Gasteiger partial charge >= 0.3 is 0 Å². The van der Waals surface area contributed by atoms with Crippen molar-refractivity contribution in [1.29, 1.82) is 0 Å². The number of piperazine rings is 1. The van der Waals surface area contributed by atoms with Crippen LogP contribution in [0.1, 0.15) is 30.5 Å². The molecule has 0 aromatic heterocycles. The molecule has 2 aliphatic heterocycles. The maximum atomic E-state index is 13.2. The molecule has 162 valence electrons. The Morgan fingerprint density at radius 3 is 2.03 bits per heavy atom. The van der Waals surface area contributed by atoms with Gasteiger partial charge in [-0.3, -0.25) is 9.69 Å². The van der Waals surface area contributed by atoms with E-state index < -0.39 is 10.0 Å². The third-order valence-corrected chi connectivity index (χ3v) is 7.87. The molecule has 29 heavy (non-hydrogen) atoms. The van der Waals surface area contributed by atoms with E-state index in [1.807, 2.05) is 56.6 Å². The van der Waals surface area contributed by atoms with Gasteiger partial charge in [-0.05, 0) is 45.7 Å². The second kappa shape index (κ2) is 8.71. The van der Waals surface area contributed by atoms with Gasteiger partial charge in [0, 0.05) is 39.3 Å². The summed E-state index contributed by atoms with van der Waals surface area (Å²) in [6.45, 7) is 13.1. The lowest BCUT2D eigenvalue weighted by Gasteiger charge is -2.38. The highest BCUT2D eigenvalue weighted by Gasteiger charge is 2.32. The number of rotatable bonds is 4. The van der Waals surface area contributed by atoms with E-state index in [1.54, 1.807) is 4.31 Å². The summed E-state index contributed by atoms with van der Waals surface area (Å²) in [5.41, 5.74) is 2.64. The lowest BCUT2D eigenvalue weighted by atomic mass is 10.1. The first-order chi connectivity index (χ1) is 13.6. The predicted molar refractivity (Wildman–Crippen MR) is 112 cm³/mol. The van der Waals surface area contributed by atoms with E-state index in [-0.39, 0.29) is 18.1 Å². The fourth-order valence-corrected chi connectivity index (χ4v) is 6.34. The Kier molecular flexibility index (Phi) is 6.67. The maximum Gasteiger partial charge on any atom is 0.243 e. The van der Waals surface area contributed by atoms with E-state index in [9.17, 15) is 13.2 Å². The van der Waals surface area contributed by atoms with Crippen molar-refractivity contribution in [3.63, 3.8) is 0 Å². The van der Waals surface area contributed by atoms with Gasteiger partial charge in [0.2, 0.25) is 15.9 Å². The van der Waals surface area contributed by atoms with Crippen molar-refractivity contribution in [2.45, 2.75) is 51.7 Å². The number of ether oxygens (including phenoxy) is 1. The summed E-state index contributed by atoms with van der Waals surface area (Å²) in [7, 11) is -3.53. The molecule has 2 saturated heterocycles. The average molecular weight is 424 g/mol. The minimum atomic E-state index is -3.53. The van der Waals surface area contributed by atoms with Crippen LogP contribution in [-0.4, -0.2) is 86.5 Å². The zero-order chi connectivity index (χ0) is 21.3. The molecule has 0 saturated carbocycles. The summed E-state index contributed by atoms with van der Waals surface area (Å²) in [5, 5.41) is 0. The van der Waals surface area contributed by atoms with Crippen LogP contribution in [0, 0.1) is 20.8 Å². The molecule has 3 rings (SSSR count). The van der Waals surface area contributed by atoms with Crippen LogP contribution in [0.5, 0.6) is 0 Å². The van der Waals surface area contributed by atoms with Crippen LogP contribution in [0.15, 0.2) is 17.0 Å². The first kappa shape index (κ1) is 22.2. The van der Waals surface area contributed by atoms with Crippen LogP contribution in [0.3, 0.4) is 0 Å². The summed E-state index contributed by atoms with van der Waals surface area (Å²) in [6, 6.07) is 3.83. The summed E-state index contributed by atoms with van der Waals surface area (Å²) >= 11 is 0. The number of carbonyl (C=O) groups excluding carboxylic acids is 1. The molecule has 1 aromatic carbocycles. The van der Waals surface area contributed by atoms with Crippen LogP contribution in [0.2, 0.25) is 0 Å². The number of benzene rings is 1. The summed E-state index contributed by atoms with van der Waals surface area (Å²) in [5.74, 6) is 0.0912. The second-order valence-corrected chi connectivity index (χ2v) is 10.3. The molecule has 0 spiro atoms. The summed E-state index contributed by atoms with van der Waals surface area (Å²) in [6.07, 6.45) is 0.0938. The lowest BCUT2D eigenvalue weighted by Crippen LogP contribution is -2.54. The fourth-order valence-electron chi connectivity index (χ4n) is 4.50. The first-order valence-electron chi connectivity index (χ1n) is 10.3. The lowest BCUT2D eigenvalue weighted by molar-refractivity contribution is -0.144. The Morgan fingerprint density at radius 1 is 1.00 bits per heavy atom. The van der Waals surface area contributed by atoms with Crippen molar-refractivity contribution < 1.29 is 17.9 Å². The molecule has 0 aliphatic carbocycles. The van der Waals surface area contributed by atoms with Crippen molar-refractivity contribution in [3.8, 4) is 0 Å². The van der Waals surface area contributed by atoms with Crippen molar-refractivity contribution in [1.82, 2.24) is 14.1 Å². The molecule has 2 fully saturated rings. The highest BCUT2D eigenvalue weighted by molar-refractivity contribution is 7.89. The van der Waals surface area contributed by atoms with Crippen molar-refractivity contribution in [2.24, 2.45) is 0 Å². The Labute approximate surface area is 174 Å². The van der Waals surface area contributed by atoms with Crippen molar-refractivity contribution in [3.05, 3.63) is 28.8 Å². The van der Waals surface area contributed by atoms with Gasteiger partial charge < -0.3 is 9.64 Å². The molecule has 0 unspecified atom stereocenters. The van der Waals surface area contributed by atoms with Gasteiger partial charge in [-0.15, -0.1) is 0 Å². The van der Waals surface area contributed by atoms with Crippen LogP contribution in [-0.2, 0) is 19.6 Å². The van der Waals surface area contributed by atoms with E-state index in [4.69, 9.17) is 4.74 Å². The number of hydrogen-bond donors (Lipinski definition) is 0. The van der Waals surface area contributed by atoms with E-state index in [0.29, 0.717) is 50.7 Å². The quantitative estimate of drug-likeness (QED) is 0.735. The Hall–Kier alpha value is -1.48. The molecule has 2 atom stereocenters. The van der Waals surface area contributed by atoms with Crippen LogP contribution >= 0.6 is 0 Å². The summed E-state index contributed by atoms with van der Waals surface area (Å²) < 4.78 is 33.7. The van der Waals surface area contributed by atoms with Gasteiger partial charge in [-0.1, -0.05) is 17.7 Å². The highest BCUT2D eigenvalue weighted by atomic mass is 32.2. The van der Waals surface area contributed by atoms with E-state index >= 15 is 0 Å². The van der Waals surface area contributed by atoms with Gasteiger partial charge in [-0.2, -0.15) is 4.31 Å². The molecule has 7 nitrogen and oxygen atoms in total. The average Bonchev–Trinajstić information content (AvgIpc) is 2.60. The molecule has 0 radical (unpaired) electrons. The van der Waals surface area contributed by atoms with E-state index in [2.05, 4.69) is 0 Å². The SMILES string of the molecule is Cc1cc(C)c(S(=O)(=O)N2CCN(CC(=O)N3C[C@H](C)O[C@@H](C)C3)CC2)c(C)c1. The zero-order valence-corrected chi connectivity index (χ0v) is 19.0. The monoisotopic (exact) mass is 423 g/mol. The normalized spacial score (nSPS) is 24.7. The maximum absolute atomic E-state index is 13.2. The number of amides is 1. The fraction of sp³-hybridized carbons (Fsp3) is 0.667. The minimum Gasteiger partial charge on any atom is -0.372 e. The molecule has 0 bridgehead atoms. The minimum absolute atomic E-state index is 0.0469. The van der Waals surface area contributed by atoms with Crippen LogP contribution < -0.4 is 0 Å². The van der Waals surface area contributed by atoms with Gasteiger partial charge in [0.1, 0.15) is 0 Å². The number of morpholine rings is 1. The topological polar surface area (TPSA) is 70.2 Å². The largest absolute Gasteiger partial charge is 0.372 e. The number of carbonyl (C=O) groups is 1. The Morgan fingerprint density at radius 2 is 1.52 bits per heavy atom. The predicted octanol–water partition coefficient (Wildman–Crippen LogP) is 1.55. The molecular formula is C21H33N3O4S. The van der Waals surface area contributed by atoms with Gasteiger partial charge in [-0.25, -0.2) is 8.42 Å². The number of aryl methyl sites for hydroxylation is 3. The zero-order valence-electron chi connectivity index (χ0n) is 18.1. The molecule has 8 heteroatoms. The van der Waals surface area contributed by atoms with E-state index in [0.717, 1.165) is 16.7 Å². The molecule has 2 heterocycles. The van der Waals surface area contributed by atoms with E-state index in [1.165, 1.54) is 0 Å². The van der Waals surface area contributed by atoms with Gasteiger partial charge in [0.25, 0.3) is 0 Å². The molecule has 0 N–H and O–H groups in total. The van der Waals surface area contributed by atoms with Crippen molar-refractivity contribution in [2.75, 3.05) is 45.8 Å². The van der Waals surface area contributed by atoms with Crippen molar-refractivity contribution >= 4 is 15.9 Å². The molecular weight excluding hydrogens is 390 g/mol.